The molecule has 4 aromatic carbocycles. The van der Waals surface area contributed by atoms with E-state index in [1.807, 2.05) is 97.1 Å². The van der Waals surface area contributed by atoms with E-state index in [1.165, 1.54) is 6.92 Å². The van der Waals surface area contributed by atoms with Gasteiger partial charge in [0.1, 0.15) is 0 Å². The largest absolute Gasteiger partial charge is 0.398 e. The van der Waals surface area contributed by atoms with Crippen molar-refractivity contribution in [1.82, 2.24) is 5.32 Å². The second-order valence-corrected chi connectivity index (χ2v) is 11.8. The van der Waals surface area contributed by atoms with E-state index in [0.29, 0.717) is 24.3 Å². The van der Waals surface area contributed by atoms with Gasteiger partial charge in [-0.25, -0.2) is 4.79 Å². The van der Waals surface area contributed by atoms with Crippen LogP contribution in [0.4, 0.5) is 16.2 Å². The van der Waals surface area contributed by atoms with Crippen molar-refractivity contribution in [1.29, 1.82) is 0 Å². The number of Topliss-reactive ketones (excluding diaryl/α,β-unsaturated/α-hetero) is 1. The molecule has 1 fully saturated rings. The van der Waals surface area contributed by atoms with Gasteiger partial charge < -0.3 is 30.9 Å². The van der Waals surface area contributed by atoms with Gasteiger partial charge in [0.05, 0.1) is 24.9 Å². The van der Waals surface area contributed by atoms with Gasteiger partial charge in [0.15, 0.2) is 12.1 Å². The lowest BCUT2D eigenvalue weighted by atomic mass is 10.0. The molecule has 0 radical (unpaired) electrons. The molecule has 0 saturated carbocycles. The molecular formula is C35H37N3O5S. The summed E-state index contributed by atoms with van der Waals surface area (Å²) in [7, 11) is 0. The van der Waals surface area contributed by atoms with Gasteiger partial charge in [-0.05, 0) is 54.3 Å². The van der Waals surface area contributed by atoms with Gasteiger partial charge in [-0.2, -0.15) is 0 Å². The van der Waals surface area contributed by atoms with E-state index in [0.717, 1.165) is 32.8 Å². The number of nitrogens with one attached hydrogen (secondary N) is 2. The maximum atomic E-state index is 12.9. The van der Waals surface area contributed by atoms with E-state index in [1.54, 1.807) is 17.8 Å². The Morgan fingerprint density at radius 2 is 1.66 bits per heavy atom. The van der Waals surface area contributed by atoms with Crippen LogP contribution in [0.1, 0.15) is 48.0 Å². The number of ketones is 1. The number of carbonyl (C=O) groups excluding carboxylic acids is 2. The first kappa shape index (κ1) is 31.3. The summed E-state index contributed by atoms with van der Waals surface area (Å²) in [5.41, 5.74) is 11.0. The van der Waals surface area contributed by atoms with Crippen molar-refractivity contribution in [3.05, 3.63) is 125 Å². The maximum Gasteiger partial charge on any atom is 0.319 e. The summed E-state index contributed by atoms with van der Waals surface area (Å²) in [6, 6.07) is 31.3. The number of benzene rings is 4. The molecule has 1 heterocycles. The van der Waals surface area contributed by atoms with Gasteiger partial charge in [-0.3, -0.25) is 4.79 Å². The number of aliphatic hydroxyl groups is 1. The molecule has 4 aromatic rings. The number of carbonyl (C=O) groups is 2. The van der Waals surface area contributed by atoms with E-state index >= 15 is 0 Å². The van der Waals surface area contributed by atoms with Crippen molar-refractivity contribution in [2.24, 2.45) is 0 Å². The minimum absolute atomic E-state index is 0.0257. The first-order valence-electron chi connectivity index (χ1n) is 14.6. The number of hydrogen-bond acceptors (Lipinski definition) is 7. The van der Waals surface area contributed by atoms with Crippen LogP contribution in [0.2, 0.25) is 0 Å². The minimum Gasteiger partial charge on any atom is -0.398 e. The summed E-state index contributed by atoms with van der Waals surface area (Å²) in [5.74, 6) is 0.550. The molecule has 1 aliphatic heterocycles. The van der Waals surface area contributed by atoms with E-state index in [4.69, 9.17) is 15.2 Å². The Morgan fingerprint density at radius 3 is 2.39 bits per heavy atom. The summed E-state index contributed by atoms with van der Waals surface area (Å²) in [6.45, 7) is 1.45. The van der Waals surface area contributed by atoms with Crippen LogP contribution in [0.15, 0.2) is 108 Å². The van der Waals surface area contributed by atoms with E-state index < -0.39 is 18.4 Å². The number of aliphatic hydroxyl groups excluding tert-OH is 1. The zero-order valence-electron chi connectivity index (χ0n) is 24.5. The molecule has 2 amide bonds. The molecule has 0 spiro atoms. The smallest absolute Gasteiger partial charge is 0.319 e. The summed E-state index contributed by atoms with van der Waals surface area (Å²) in [4.78, 5) is 26.2. The quantitative estimate of drug-likeness (QED) is 0.114. The summed E-state index contributed by atoms with van der Waals surface area (Å²) in [6.07, 6.45) is -0.0206. The van der Waals surface area contributed by atoms with Crippen LogP contribution in [0.3, 0.4) is 0 Å². The highest BCUT2D eigenvalue weighted by molar-refractivity contribution is 7.99. The third-order valence-corrected chi connectivity index (χ3v) is 8.68. The monoisotopic (exact) mass is 611 g/mol. The lowest BCUT2D eigenvalue weighted by molar-refractivity contribution is -0.245. The fraction of sp³-hybridized carbons (Fsp3) is 0.257. The Kier molecular flexibility index (Phi) is 10.7. The highest BCUT2D eigenvalue weighted by Gasteiger charge is 2.32. The number of rotatable bonds is 11. The first-order chi connectivity index (χ1) is 21.4. The molecule has 1 saturated heterocycles. The lowest BCUT2D eigenvalue weighted by Crippen LogP contribution is -2.43. The van der Waals surface area contributed by atoms with Crippen molar-refractivity contribution in [2.75, 3.05) is 16.8 Å². The average molecular weight is 612 g/mol. The Bertz CT molecular complexity index is 1550. The standard InChI is InChI=1S/C35H37N3O5S/c1-23(40)31(18-24-8-3-2-4-9-24)38-35(41)37-28-11-7-10-27(19-28)34-42-29(22-44-33-13-6-5-12-30(33)36)20-32(43-34)26-16-14-25(21-39)15-17-26/h2-17,19,29,31-32,34,39H,18,20-22,36H2,1H3,(H2,37,38,41)/t29-,31+,32+,34?/m0/s1. The van der Waals surface area contributed by atoms with Crippen LogP contribution in [0.25, 0.3) is 0 Å². The third-order valence-electron chi connectivity index (χ3n) is 7.45. The molecule has 0 aromatic heterocycles. The summed E-state index contributed by atoms with van der Waals surface area (Å²) in [5, 5.41) is 15.1. The fourth-order valence-corrected chi connectivity index (χ4v) is 6.04. The highest BCUT2D eigenvalue weighted by Crippen LogP contribution is 2.40. The number of urea groups is 1. The van der Waals surface area contributed by atoms with Crippen molar-refractivity contribution in [3.63, 3.8) is 0 Å². The third kappa shape index (κ3) is 8.48. The topological polar surface area (TPSA) is 123 Å². The average Bonchev–Trinajstić information content (AvgIpc) is 3.04. The SMILES string of the molecule is CC(=O)[C@@H](Cc1ccccc1)NC(=O)Nc1cccc(C2O[C@H](CSc3ccccc3N)C[C@H](c3ccc(CO)cc3)O2)c1. The number of nitrogen functional groups attached to an aromatic ring is 1. The van der Waals surface area contributed by atoms with Gasteiger partial charge in [-0.1, -0.05) is 78.9 Å². The van der Waals surface area contributed by atoms with E-state index in [-0.39, 0.29) is 24.6 Å². The van der Waals surface area contributed by atoms with Crippen LogP contribution >= 0.6 is 11.8 Å². The fourth-order valence-electron chi connectivity index (χ4n) is 5.05. The predicted octanol–water partition coefficient (Wildman–Crippen LogP) is 6.42. The van der Waals surface area contributed by atoms with Gasteiger partial charge in [0.25, 0.3) is 0 Å². The van der Waals surface area contributed by atoms with Crippen molar-refractivity contribution in [2.45, 2.75) is 55.8 Å². The van der Waals surface area contributed by atoms with Crippen LogP contribution in [0.5, 0.6) is 0 Å². The number of para-hydroxylation sites is 1. The molecule has 1 unspecified atom stereocenters. The molecule has 0 aliphatic carbocycles. The van der Waals surface area contributed by atoms with Crippen LogP contribution in [0, 0.1) is 0 Å². The number of thioether (sulfide) groups is 1. The molecule has 1 aliphatic rings. The van der Waals surface area contributed by atoms with Crippen LogP contribution in [-0.4, -0.2) is 34.8 Å². The van der Waals surface area contributed by atoms with Gasteiger partial charge in [-0.15, -0.1) is 11.8 Å². The number of anilines is 2. The minimum atomic E-state index is -0.683. The molecule has 44 heavy (non-hydrogen) atoms. The van der Waals surface area contributed by atoms with Crippen molar-refractivity contribution >= 4 is 35.0 Å². The first-order valence-corrected chi connectivity index (χ1v) is 15.6. The van der Waals surface area contributed by atoms with Crippen molar-refractivity contribution < 1.29 is 24.2 Å². The Hall–Kier alpha value is -4.15. The van der Waals surface area contributed by atoms with Gasteiger partial charge in [0, 0.05) is 34.0 Å². The summed E-state index contributed by atoms with van der Waals surface area (Å²) >= 11 is 1.64. The molecule has 5 rings (SSSR count). The lowest BCUT2D eigenvalue weighted by Gasteiger charge is -2.36. The molecule has 228 valence electrons. The highest BCUT2D eigenvalue weighted by atomic mass is 32.2. The predicted molar refractivity (Wildman–Crippen MR) is 173 cm³/mol. The normalized spacial score (nSPS) is 18.7. The molecule has 0 bridgehead atoms. The maximum absolute atomic E-state index is 12.9. The Balaban J connectivity index is 1.30. The number of amides is 2. The molecule has 8 nitrogen and oxygen atoms in total. The Labute approximate surface area is 262 Å². The van der Waals surface area contributed by atoms with Gasteiger partial charge >= 0.3 is 6.03 Å². The zero-order chi connectivity index (χ0) is 30.9. The van der Waals surface area contributed by atoms with E-state index in [2.05, 4.69) is 10.6 Å². The summed E-state index contributed by atoms with van der Waals surface area (Å²) < 4.78 is 12.9. The van der Waals surface area contributed by atoms with Crippen molar-refractivity contribution in [3.8, 4) is 0 Å². The number of hydrogen-bond donors (Lipinski definition) is 4. The molecule has 5 N–H and O–H groups in total. The van der Waals surface area contributed by atoms with Crippen LogP contribution < -0.4 is 16.4 Å². The number of nitrogens with two attached hydrogens (primary N) is 1. The molecular weight excluding hydrogens is 574 g/mol. The zero-order valence-corrected chi connectivity index (χ0v) is 25.3. The van der Waals surface area contributed by atoms with Crippen LogP contribution in [-0.2, 0) is 27.3 Å². The molecule has 4 atom stereocenters. The molecule has 9 heteroatoms. The Morgan fingerprint density at radius 1 is 0.909 bits per heavy atom. The second-order valence-electron chi connectivity index (χ2n) is 10.8. The number of ether oxygens (including phenoxy) is 2. The van der Waals surface area contributed by atoms with Gasteiger partial charge in [0.2, 0.25) is 0 Å². The second kappa shape index (κ2) is 15.0. The van der Waals surface area contributed by atoms with E-state index in [9.17, 15) is 14.7 Å².